The van der Waals surface area contributed by atoms with Crippen LogP contribution in [0.3, 0.4) is 0 Å². The molecule has 0 unspecified atom stereocenters. The molecule has 1 heterocycles. The monoisotopic (exact) mass is 369 g/mol. The molecular formula is C20H27N5O2. The first-order chi connectivity index (χ1) is 13.1. The first-order valence-electron chi connectivity index (χ1n) is 9.56. The van der Waals surface area contributed by atoms with Crippen molar-refractivity contribution in [2.24, 2.45) is 11.7 Å². The lowest BCUT2D eigenvalue weighted by atomic mass is 9.78. The highest BCUT2D eigenvalue weighted by Crippen LogP contribution is 2.37. The first-order valence-corrected chi connectivity index (χ1v) is 9.56. The van der Waals surface area contributed by atoms with Crippen LogP contribution in [0.25, 0.3) is 0 Å². The molecule has 1 fully saturated rings. The number of benzene rings is 1. The quantitative estimate of drug-likeness (QED) is 0.773. The fourth-order valence-corrected chi connectivity index (χ4v) is 3.89. The molecule has 1 saturated carbocycles. The van der Waals surface area contributed by atoms with Crippen molar-refractivity contribution in [2.75, 3.05) is 7.05 Å². The standard InChI is InChI=1S/C20H27N5O2/c1-22-20(27)16-10-6-5-9-15(16)19-23-18(13-17(21)26)24-25(19)12-11-14-7-3-2-4-8-14/h2-4,7-8,15-16H,5-6,9-13H2,1H3,(H2,21,26)(H,22,27)/t15-,16+/m0/s1. The summed E-state index contributed by atoms with van der Waals surface area (Å²) in [7, 11) is 1.67. The van der Waals surface area contributed by atoms with Gasteiger partial charge in [0.05, 0.1) is 6.42 Å². The van der Waals surface area contributed by atoms with Crippen LogP contribution in [0.5, 0.6) is 0 Å². The van der Waals surface area contributed by atoms with Gasteiger partial charge in [0, 0.05) is 25.4 Å². The molecule has 2 aromatic rings. The first kappa shape index (κ1) is 19.1. The van der Waals surface area contributed by atoms with Gasteiger partial charge in [-0.25, -0.2) is 9.67 Å². The van der Waals surface area contributed by atoms with E-state index >= 15 is 0 Å². The van der Waals surface area contributed by atoms with Crippen LogP contribution in [-0.4, -0.2) is 33.6 Å². The Morgan fingerprint density at radius 3 is 2.67 bits per heavy atom. The maximum absolute atomic E-state index is 12.4. The fraction of sp³-hybridized carbons (Fsp3) is 0.500. The largest absolute Gasteiger partial charge is 0.369 e. The SMILES string of the molecule is CNC(=O)[C@@H]1CCCC[C@@H]1c1nc(CC(N)=O)nn1CCc1ccccc1. The van der Waals surface area contributed by atoms with Crippen molar-refractivity contribution < 1.29 is 9.59 Å². The highest BCUT2D eigenvalue weighted by molar-refractivity contribution is 5.79. The van der Waals surface area contributed by atoms with E-state index in [1.807, 2.05) is 22.9 Å². The Morgan fingerprint density at radius 2 is 1.96 bits per heavy atom. The molecule has 2 atom stereocenters. The van der Waals surface area contributed by atoms with E-state index in [1.165, 1.54) is 5.56 Å². The van der Waals surface area contributed by atoms with Gasteiger partial charge in [0.25, 0.3) is 0 Å². The summed E-state index contributed by atoms with van der Waals surface area (Å²) in [5.41, 5.74) is 6.54. The molecule has 7 nitrogen and oxygen atoms in total. The molecule has 7 heteroatoms. The molecule has 0 saturated heterocycles. The zero-order valence-corrected chi connectivity index (χ0v) is 15.7. The minimum absolute atomic E-state index is 0.0166. The Labute approximate surface area is 159 Å². The minimum Gasteiger partial charge on any atom is -0.369 e. The zero-order chi connectivity index (χ0) is 19.2. The molecule has 0 radical (unpaired) electrons. The molecule has 3 rings (SSSR count). The second-order valence-electron chi connectivity index (χ2n) is 7.10. The van der Waals surface area contributed by atoms with E-state index in [0.717, 1.165) is 37.9 Å². The number of rotatable bonds is 7. The Balaban J connectivity index is 1.87. The summed E-state index contributed by atoms with van der Waals surface area (Å²) in [6.45, 7) is 0.655. The number of nitrogens with two attached hydrogens (primary N) is 1. The lowest BCUT2D eigenvalue weighted by Crippen LogP contribution is -2.35. The Morgan fingerprint density at radius 1 is 1.22 bits per heavy atom. The van der Waals surface area contributed by atoms with Crippen molar-refractivity contribution in [1.82, 2.24) is 20.1 Å². The Kier molecular flexibility index (Phi) is 6.21. The number of aryl methyl sites for hydroxylation is 2. The van der Waals surface area contributed by atoms with Crippen LogP contribution in [0.2, 0.25) is 0 Å². The number of aromatic nitrogens is 3. The lowest BCUT2D eigenvalue weighted by Gasteiger charge is -2.29. The Hall–Kier alpha value is -2.70. The number of hydrogen-bond acceptors (Lipinski definition) is 4. The maximum atomic E-state index is 12.4. The molecule has 1 aliphatic carbocycles. The molecule has 27 heavy (non-hydrogen) atoms. The predicted molar refractivity (Wildman–Crippen MR) is 102 cm³/mol. The summed E-state index contributed by atoms with van der Waals surface area (Å²) < 4.78 is 1.87. The second-order valence-corrected chi connectivity index (χ2v) is 7.10. The van der Waals surface area contributed by atoms with Crippen LogP contribution >= 0.6 is 0 Å². The van der Waals surface area contributed by atoms with E-state index in [4.69, 9.17) is 5.73 Å². The smallest absolute Gasteiger partial charge is 0.225 e. The minimum atomic E-state index is -0.451. The summed E-state index contributed by atoms with van der Waals surface area (Å²) in [5.74, 6) is 0.748. The van der Waals surface area contributed by atoms with Crippen LogP contribution in [0, 0.1) is 5.92 Å². The summed E-state index contributed by atoms with van der Waals surface area (Å²) in [6, 6.07) is 10.2. The maximum Gasteiger partial charge on any atom is 0.225 e. The summed E-state index contributed by atoms with van der Waals surface area (Å²) in [4.78, 5) is 28.3. The topological polar surface area (TPSA) is 103 Å². The van der Waals surface area contributed by atoms with Crippen LogP contribution in [0.1, 0.15) is 48.8 Å². The number of primary amides is 1. The summed E-state index contributed by atoms with van der Waals surface area (Å²) in [5, 5.41) is 7.31. The van der Waals surface area contributed by atoms with Gasteiger partial charge in [0.15, 0.2) is 5.82 Å². The number of nitrogens with one attached hydrogen (secondary N) is 1. The summed E-state index contributed by atoms with van der Waals surface area (Å²) in [6.07, 6.45) is 4.68. The predicted octanol–water partition coefficient (Wildman–Crippen LogP) is 1.57. The van der Waals surface area contributed by atoms with Crippen molar-refractivity contribution in [1.29, 1.82) is 0 Å². The van der Waals surface area contributed by atoms with E-state index in [-0.39, 0.29) is 24.2 Å². The number of carbonyl (C=O) groups excluding carboxylic acids is 2. The number of nitrogens with zero attached hydrogens (tertiary/aromatic N) is 3. The molecule has 1 aromatic heterocycles. The molecule has 2 amide bonds. The van der Waals surface area contributed by atoms with Crippen molar-refractivity contribution in [2.45, 2.75) is 51.0 Å². The molecule has 1 aliphatic rings. The average molecular weight is 369 g/mol. The number of carbonyl (C=O) groups is 2. The van der Waals surface area contributed by atoms with Crippen molar-refractivity contribution >= 4 is 11.8 Å². The van der Waals surface area contributed by atoms with Crippen molar-refractivity contribution in [3.05, 3.63) is 47.5 Å². The Bertz CT molecular complexity index is 787. The van der Waals surface area contributed by atoms with Gasteiger partial charge in [-0.15, -0.1) is 0 Å². The van der Waals surface area contributed by atoms with Crippen LogP contribution in [-0.2, 0) is 29.0 Å². The van der Waals surface area contributed by atoms with Gasteiger partial charge in [-0.2, -0.15) is 5.10 Å². The zero-order valence-electron chi connectivity index (χ0n) is 15.7. The van der Waals surface area contributed by atoms with Gasteiger partial charge in [0.2, 0.25) is 11.8 Å². The van der Waals surface area contributed by atoms with E-state index in [9.17, 15) is 9.59 Å². The van der Waals surface area contributed by atoms with Gasteiger partial charge in [-0.3, -0.25) is 9.59 Å². The van der Waals surface area contributed by atoms with E-state index in [0.29, 0.717) is 12.4 Å². The van der Waals surface area contributed by atoms with E-state index in [1.54, 1.807) is 7.05 Å². The molecule has 0 bridgehead atoms. The number of amides is 2. The molecule has 144 valence electrons. The fourth-order valence-electron chi connectivity index (χ4n) is 3.89. The highest BCUT2D eigenvalue weighted by atomic mass is 16.2. The lowest BCUT2D eigenvalue weighted by molar-refractivity contribution is -0.126. The van der Waals surface area contributed by atoms with E-state index < -0.39 is 5.91 Å². The van der Waals surface area contributed by atoms with Crippen molar-refractivity contribution in [3.8, 4) is 0 Å². The van der Waals surface area contributed by atoms with Gasteiger partial charge in [-0.05, 0) is 24.8 Å². The third kappa shape index (κ3) is 4.72. The van der Waals surface area contributed by atoms with Crippen LogP contribution in [0.15, 0.2) is 30.3 Å². The molecule has 1 aromatic carbocycles. The van der Waals surface area contributed by atoms with Gasteiger partial charge in [-0.1, -0.05) is 43.2 Å². The molecule has 0 spiro atoms. The van der Waals surface area contributed by atoms with Gasteiger partial charge in [0.1, 0.15) is 5.82 Å². The molecule has 3 N–H and O–H groups in total. The number of hydrogen-bond donors (Lipinski definition) is 2. The summed E-state index contributed by atoms with van der Waals surface area (Å²) >= 11 is 0. The third-order valence-corrected chi connectivity index (χ3v) is 5.21. The van der Waals surface area contributed by atoms with Crippen molar-refractivity contribution in [3.63, 3.8) is 0 Å². The normalized spacial score (nSPS) is 19.6. The van der Waals surface area contributed by atoms with Gasteiger partial charge < -0.3 is 11.1 Å². The average Bonchev–Trinajstić information content (AvgIpc) is 3.08. The van der Waals surface area contributed by atoms with Crippen LogP contribution in [0.4, 0.5) is 0 Å². The van der Waals surface area contributed by atoms with Crippen LogP contribution < -0.4 is 11.1 Å². The third-order valence-electron chi connectivity index (χ3n) is 5.21. The van der Waals surface area contributed by atoms with E-state index in [2.05, 4.69) is 27.5 Å². The van der Waals surface area contributed by atoms with Gasteiger partial charge >= 0.3 is 0 Å². The molecular weight excluding hydrogens is 342 g/mol. The second kappa shape index (κ2) is 8.79. The molecule has 0 aliphatic heterocycles. The highest BCUT2D eigenvalue weighted by Gasteiger charge is 2.35.